The quantitative estimate of drug-likeness (QED) is 0.571. The molecule has 0 amide bonds. The van der Waals surface area contributed by atoms with E-state index in [1.165, 1.54) is 36.4 Å². The Morgan fingerprint density at radius 3 is 2.29 bits per heavy atom. The number of benzene rings is 2. The number of nitrogens with zero attached hydrogens (tertiary/aromatic N) is 1. The Morgan fingerprint density at radius 1 is 1.12 bits per heavy atom. The van der Waals surface area contributed by atoms with Gasteiger partial charge in [-0.3, -0.25) is 10.1 Å². The predicted octanol–water partition coefficient (Wildman–Crippen LogP) is 3.02. The summed E-state index contributed by atoms with van der Waals surface area (Å²) in [5.74, 6) is 0.0276. The molecule has 0 bridgehead atoms. The minimum atomic E-state index is -2.89. The molecule has 0 aliphatic carbocycles. The van der Waals surface area contributed by atoms with Crippen LogP contribution in [0.4, 0.5) is 14.5 Å². The van der Waals surface area contributed by atoms with Gasteiger partial charge in [0.05, 0.1) is 11.0 Å². The molecule has 0 saturated carbocycles. The van der Waals surface area contributed by atoms with Gasteiger partial charge in [0.1, 0.15) is 5.75 Å². The number of hydrogen-bond acceptors (Lipinski definition) is 5. The maximum absolute atomic E-state index is 12.1. The van der Waals surface area contributed by atoms with Crippen LogP contribution in [0.2, 0.25) is 0 Å². The summed E-state index contributed by atoms with van der Waals surface area (Å²) in [6.45, 7) is -2.21. The second-order valence-corrected chi connectivity index (χ2v) is 5.02. The van der Waals surface area contributed by atoms with Crippen LogP contribution in [0.25, 0.3) is 0 Å². The topological polar surface area (TPSA) is 84.6 Å². The molecule has 8 heteroatoms. The Kier molecular flexibility index (Phi) is 6.16. The van der Waals surface area contributed by atoms with Crippen LogP contribution in [0.3, 0.4) is 0 Å². The van der Waals surface area contributed by atoms with E-state index in [4.69, 9.17) is 0 Å². The average Bonchev–Trinajstić information content (AvgIpc) is 2.55. The number of ether oxygens (including phenoxy) is 1. The largest absolute Gasteiger partial charge is 0.435 e. The molecule has 0 fully saturated rings. The lowest BCUT2D eigenvalue weighted by atomic mass is 10.1. The molecule has 6 nitrogen and oxygen atoms in total. The highest BCUT2D eigenvalue weighted by molar-refractivity contribution is 5.33. The van der Waals surface area contributed by atoms with Gasteiger partial charge in [-0.15, -0.1) is 0 Å². The highest BCUT2D eigenvalue weighted by Crippen LogP contribution is 2.19. The van der Waals surface area contributed by atoms with Crippen LogP contribution in [-0.4, -0.2) is 23.2 Å². The number of hydrogen-bond donors (Lipinski definition) is 2. The van der Waals surface area contributed by atoms with Crippen LogP contribution in [0, 0.1) is 10.1 Å². The van der Waals surface area contributed by atoms with E-state index in [0.717, 1.165) is 5.56 Å². The van der Waals surface area contributed by atoms with Crippen molar-refractivity contribution in [1.29, 1.82) is 0 Å². The minimum absolute atomic E-state index is 0.0184. The first-order chi connectivity index (χ1) is 11.5. The van der Waals surface area contributed by atoms with Crippen LogP contribution >= 0.6 is 0 Å². The number of nitro groups is 1. The van der Waals surface area contributed by atoms with Crippen molar-refractivity contribution in [3.8, 4) is 5.75 Å². The van der Waals surface area contributed by atoms with Crippen molar-refractivity contribution in [2.24, 2.45) is 0 Å². The van der Waals surface area contributed by atoms with Gasteiger partial charge < -0.3 is 15.2 Å². The highest BCUT2D eigenvalue weighted by atomic mass is 19.3. The zero-order chi connectivity index (χ0) is 17.5. The van der Waals surface area contributed by atoms with Crippen molar-refractivity contribution in [2.75, 3.05) is 6.54 Å². The van der Waals surface area contributed by atoms with Gasteiger partial charge in [0, 0.05) is 25.2 Å². The van der Waals surface area contributed by atoms with Gasteiger partial charge in [-0.25, -0.2) is 0 Å². The molecule has 0 heterocycles. The Balaban J connectivity index is 1.82. The van der Waals surface area contributed by atoms with E-state index in [1.54, 1.807) is 12.1 Å². The van der Waals surface area contributed by atoms with E-state index in [-0.39, 0.29) is 18.0 Å². The Labute approximate surface area is 136 Å². The Morgan fingerprint density at radius 2 is 1.75 bits per heavy atom. The third-order valence-electron chi connectivity index (χ3n) is 3.30. The fourth-order valence-electron chi connectivity index (χ4n) is 2.08. The average molecular weight is 338 g/mol. The summed E-state index contributed by atoms with van der Waals surface area (Å²) in [4.78, 5) is 10.1. The Bertz CT molecular complexity index is 663. The van der Waals surface area contributed by atoms with Gasteiger partial charge in [-0.1, -0.05) is 24.3 Å². The first kappa shape index (κ1) is 17.8. The molecule has 0 aromatic heterocycles. The van der Waals surface area contributed by atoms with Crippen LogP contribution in [-0.2, 0) is 6.54 Å². The molecule has 128 valence electrons. The molecule has 1 unspecified atom stereocenters. The number of halogens is 2. The number of non-ortho nitro benzene ring substituents is 1. The summed E-state index contributed by atoms with van der Waals surface area (Å²) in [7, 11) is 0. The molecular weight excluding hydrogens is 322 g/mol. The standard InChI is InChI=1S/C16H16F2N2O4/c17-16(18)24-14-7-3-12(4-8-14)15(21)10-19-9-11-1-5-13(6-2-11)20(22)23/h1-8,15-16,19,21H,9-10H2. The minimum Gasteiger partial charge on any atom is -0.435 e. The van der Waals surface area contributed by atoms with E-state index in [2.05, 4.69) is 10.1 Å². The van der Waals surface area contributed by atoms with Crippen LogP contribution in [0.1, 0.15) is 17.2 Å². The third kappa shape index (κ3) is 5.25. The van der Waals surface area contributed by atoms with Crippen molar-refractivity contribution < 1.29 is 23.5 Å². The predicted molar refractivity (Wildman–Crippen MR) is 82.8 cm³/mol. The molecule has 2 aromatic carbocycles. The van der Waals surface area contributed by atoms with Gasteiger partial charge >= 0.3 is 6.61 Å². The third-order valence-corrected chi connectivity index (χ3v) is 3.30. The van der Waals surface area contributed by atoms with Gasteiger partial charge in [0.15, 0.2) is 0 Å². The first-order valence-corrected chi connectivity index (χ1v) is 7.12. The number of nitrogens with one attached hydrogen (secondary N) is 1. The zero-order valence-corrected chi connectivity index (χ0v) is 12.6. The molecule has 0 radical (unpaired) electrons. The van der Waals surface area contributed by atoms with Crippen molar-refractivity contribution in [3.63, 3.8) is 0 Å². The zero-order valence-electron chi connectivity index (χ0n) is 12.6. The summed E-state index contributed by atoms with van der Waals surface area (Å²) in [6, 6.07) is 11.8. The fourth-order valence-corrected chi connectivity index (χ4v) is 2.08. The van der Waals surface area contributed by atoms with E-state index in [0.29, 0.717) is 12.1 Å². The second kappa shape index (κ2) is 8.32. The summed E-state index contributed by atoms with van der Waals surface area (Å²) < 4.78 is 28.4. The first-order valence-electron chi connectivity index (χ1n) is 7.12. The molecule has 0 aliphatic heterocycles. The lowest BCUT2D eigenvalue weighted by molar-refractivity contribution is -0.384. The molecule has 2 rings (SSSR count). The molecule has 2 N–H and O–H groups in total. The van der Waals surface area contributed by atoms with Crippen LogP contribution in [0.15, 0.2) is 48.5 Å². The monoisotopic (exact) mass is 338 g/mol. The van der Waals surface area contributed by atoms with Crippen molar-refractivity contribution in [2.45, 2.75) is 19.3 Å². The molecule has 0 spiro atoms. The Hall–Kier alpha value is -2.58. The van der Waals surface area contributed by atoms with E-state index < -0.39 is 17.6 Å². The fraction of sp³-hybridized carbons (Fsp3) is 0.250. The molecule has 0 aliphatic rings. The normalized spacial score (nSPS) is 12.2. The second-order valence-electron chi connectivity index (χ2n) is 5.02. The van der Waals surface area contributed by atoms with Gasteiger partial charge in [0.25, 0.3) is 5.69 Å². The summed E-state index contributed by atoms with van der Waals surface area (Å²) in [6.07, 6.45) is -0.816. The molecule has 1 atom stereocenters. The maximum Gasteiger partial charge on any atom is 0.387 e. The SMILES string of the molecule is O=[N+]([O-])c1ccc(CNCC(O)c2ccc(OC(F)F)cc2)cc1. The van der Waals surface area contributed by atoms with E-state index in [1.807, 2.05) is 0 Å². The molecule has 24 heavy (non-hydrogen) atoms. The van der Waals surface area contributed by atoms with Crippen molar-refractivity contribution in [1.82, 2.24) is 5.32 Å². The summed E-state index contributed by atoms with van der Waals surface area (Å²) in [5.41, 5.74) is 1.42. The number of rotatable bonds is 8. The number of nitro benzene ring substituents is 1. The summed E-state index contributed by atoms with van der Waals surface area (Å²) in [5, 5.41) is 23.6. The number of aliphatic hydroxyl groups is 1. The summed E-state index contributed by atoms with van der Waals surface area (Å²) >= 11 is 0. The van der Waals surface area contributed by atoms with E-state index in [9.17, 15) is 24.0 Å². The van der Waals surface area contributed by atoms with Gasteiger partial charge in [-0.05, 0) is 23.3 Å². The van der Waals surface area contributed by atoms with Crippen LogP contribution in [0.5, 0.6) is 5.75 Å². The van der Waals surface area contributed by atoms with Crippen molar-refractivity contribution in [3.05, 3.63) is 69.8 Å². The van der Waals surface area contributed by atoms with Gasteiger partial charge in [0.2, 0.25) is 0 Å². The molecule has 2 aromatic rings. The lowest BCUT2D eigenvalue weighted by Gasteiger charge is -2.13. The number of aliphatic hydroxyl groups excluding tert-OH is 1. The van der Waals surface area contributed by atoms with Gasteiger partial charge in [-0.2, -0.15) is 8.78 Å². The highest BCUT2D eigenvalue weighted by Gasteiger charge is 2.09. The lowest BCUT2D eigenvalue weighted by Crippen LogP contribution is -2.21. The maximum atomic E-state index is 12.1. The molecular formula is C16H16F2N2O4. The van der Waals surface area contributed by atoms with Crippen molar-refractivity contribution >= 4 is 5.69 Å². The smallest absolute Gasteiger partial charge is 0.387 e. The number of alkyl halides is 2. The van der Waals surface area contributed by atoms with Crippen LogP contribution < -0.4 is 10.1 Å². The molecule has 0 saturated heterocycles. The van der Waals surface area contributed by atoms with E-state index >= 15 is 0 Å².